The third-order valence-electron chi connectivity index (χ3n) is 10.3. The summed E-state index contributed by atoms with van der Waals surface area (Å²) in [5.41, 5.74) is 9.39. The van der Waals surface area contributed by atoms with Crippen LogP contribution in [0.1, 0.15) is 58.9 Å². The summed E-state index contributed by atoms with van der Waals surface area (Å²) < 4.78 is 11.0. The Balaban J connectivity index is 0.000000233. The molecule has 0 bridgehead atoms. The zero-order valence-electron chi connectivity index (χ0n) is 29.1. The average molecular weight is 840 g/mol. The molecule has 0 aliphatic heterocycles. The number of para-hydroxylation sites is 3. The molecule has 4 aromatic carbocycles. The second-order valence-electron chi connectivity index (χ2n) is 13.0. The third kappa shape index (κ3) is 5.61. The van der Waals surface area contributed by atoms with Crippen LogP contribution in [0.15, 0.2) is 107 Å². The van der Waals surface area contributed by atoms with Crippen LogP contribution in [-0.4, -0.2) is 15.3 Å². The summed E-state index contributed by atoms with van der Waals surface area (Å²) in [4.78, 5) is 11.7. The maximum Gasteiger partial charge on any atom is 0.162 e. The number of aliphatic hydroxyl groups excluding tert-OH is 1. The number of aliphatic hydroxyl groups is 1. The number of rotatable bonds is 8. The second kappa shape index (κ2) is 14.2. The van der Waals surface area contributed by atoms with Gasteiger partial charge in [-0.05, 0) is 71.5 Å². The van der Waals surface area contributed by atoms with E-state index in [4.69, 9.17) is 4.42 Å². The SMILES string of the molecule is CCC(CC)C(=O)/C=C(\O)C(CC)CC.[CH2-]c1cc2c3ccccc3n3c4c5ccccc5oc4c(c1-c1ccc4ccccc4[n+]1[CH2-])c23.[Ir]. The molecule has 0 saturated heterocycles. The Morgan fingerprint density at radius 1 is 0.820 bits per heavy atom. The van der Waals surface area contributed by atoms with Crippen molar-refractivity contribution in [3.63, 3.8) is 0 Å². The molecule has 0 aliphatic carbocycles. The zero-order chi connectivity index (χ0) is 34.4. The number of carbonyl (C=O) groups is 1. The van der Waals surface area contributed by atoms with Crippen molar-refractivity contribution in [2.45, 2.75) is 53.4 Å². The molecule has 4 heterocycles. The van der Waals surface area contributed by atoms with Crippen LogP contribution in [0.3, 0.4) is 0 Å². The van der Waals surface area contributed by atoms with Crippen molar-refractivity contribution in [1.29, 1.82) is 0 Å². The van der Waals surface area contributed by atoms with Crippen molar-refractivity contribution < 1.29 is 39.0 Å². The standard InChI is InChI=1S/C31H19N2O.C13H24O2.Ir/c1-18-17-22-20-10-4-7-13-24(20)33-29(22)28(31-30(33)21-11-5-8-14-26(21)34-31)27(18)25-16-15-19-9-3-6-12-23(19)32(25)2;1-5-10(6-2)12(14)9-13(15)11(7-3)8-4;/h3-17H,1-2H2;9-11,14H,5-8H2,1-4H3;/q-1;;/b;12-9-;. The Kier molecular flexibility index (Phi) is 9.98. The fourth-order valence-electron chi connectivity index (χ4n) is 7.61. The van der Waals surface area contributed by atoms with Crippen LogP contribution in [0.2, 0.25) is 0 Å². The third-order valence-corrected chi connectivity index (χ3v) is 10.3. The topological polar surface area (TPSA) is 58.7 Å². The molecule has 0 fully saturated rings. The smallest absolute Gasteiger partial charge is 0.162 e. The molecule has 1 N–H and O–H groups in total. The largest absolute Gasteiger partial charge is 0.512 e. The van der Waals surface area contributed by atoms with Crippen molar-refractivity contribution >= 4 is 65.9 Å². The molecule has 257 valence electrons. The first-order valence-corrected chi connectivity index (χ1v) is 17.5. The minimum absolute atomic E-state index is 0. The monoisotopic (exact) mass is 840 g/mol. The van der Waals surface area contributed by atoms with E-state index in [1.54, 1.807) is 0 Å². The number of carbonyl (C=O) groups excluding carboxylic acids is 1. The molecule has 4 aromatic heterocycles. The molecule has 0 unspecified atom stereocenters. The number of fused-ring (bicyclic) bond motifs is 9. The van der Waals surface area contributed by atoms with Crippen LogP contribution in [0, 0.1) is 25.8 Å². The number of pyridine rings is 1. The summed E-state index contributed by atoms with van der Waals surface area (Å²) in [5.74, 6) is 0.547. The predicted octanol–water partition coefficient (Wildman–Crippen LogP) is 11.4. The van der Waals surface area contributed by atoms with E-state index >= 15 is 0 Å². The van der Waals surface area contributed by atoms with Gasteiger partial charge in [-0.1, -0.05) is 88.4 Å². The van der Waals surface area contributed by atoms with Crippen LogP contribution in [-0.2, 0) is 24.9 Å². The van der Waals surface area contributed by atoms with Crippen LogP contribution in [0.5, 0.6) is 0 Å². The number of allylic oxidation sites excluding steroid dienone is 2. The molecule has 5 nitrogen and oxygen atoms in total. The number of nitrogens with zero attached hydrogens (tertiary/aromatic N) is 2. The van der Waals surface area contributed by atoms with Gasteiger partial charge >= 0.3 is 0 Å². The van der Waals surface area contributed by atoms with Gasteiger partial charge in [0.2, 0.25) is 0 Å². The summed E-state index contributed by atoms with van der Waals surface area (Å²) in [5, 5.41) is 15.6. The predicted molar refractivity (Wildman–Crippen MR) is 203 cm³/mol. The van der Waals surface area contributed by atoms with Crippen molar-refractivity contribution in [3.05, 3.63) is 122 Å². The molecule has 6 heteroatoms. The Morgan fingerprint density at radius 2 is 1.46 bits per heavy atom. The number of aromatic nitrogens is 2. The van der Waals surface area contributed by atoms with E-state index in [1.807, 2.05) is 44.4 Å². The van der Waals surface area contributed by atoms with Gasteiger partial charge in [0.1, 0.15) is 16.7 Å². The number of furan rings is 1. The summed E-state index contributed by atoms with van der Waals surface area (Å²) in [6, 6.07) is 31.7. The molecule has 0 saturated carbocycles. The van der Waals surface area contributed by atoms with Crippen LogP contribution in [0.4, 0.5) is 0 Å². The Hall–Kier alpha value is -4.77. The first kappa shape index (κ1) is 35.1. The van der Waals surface area contributed by atoms with Gasteiger partial charge in [0.05, 0.1) is 22.5 Å². The maximum atomic E-state index is 11.7. The van der Waals surface area contributed by atoms with E-state index in [9.17, 15) is 9.90 Å². The van der Waals surface area contributed by atoms with Crippen molar-refractivity contribution in [3.8, 4) is 11.3 Å². The molecule has 50 heavy (non-hydrogen) atoms. The zero-order valence-corrected chi connectivity index (χ0v) is 31.5. The van der Waals surface area contributed by atoms with Crippen LogP contribution < -0.4 is 4.57 Å². The second-order valence-corrected chi connectivity index (χ2v) is 13.0. The van der Waals surface area contributed by atoms with E-state index in [2.05, 4.69) is 97.2 Å². The molecule has 1 radical (unpaired) electrons. The van der Waals surface area contributed by atoms with E-state index in [0.29, 0.717) is 0 Å². The number of hydrogen-bond donors (Lipinski definition) is 1. The summed E-state index contributed by atoms with van der Waals surface area (Å²) in [6.07, 6.45) is 4.91. The van der Waals surface area contributed by atoms with Gasteiger partial charge in [-0.3, -0.25) is 4.79 Å². The Bertz CT molecular complexity index is 2510. The first-order valence-electron chi connectivity index (χ1n) is 17.5. The number of benzene rings is 4. The molecule has 8 aromatic rings. The minimum atomic E-state index is 0. The van der Waals surface area contributed by atoms with Gasteiger partial charge in [-0.15, -0.1) is 5.56 Å². The van der Waals surface area contributed by atoms with Crippen molar-refractivity contribution in [2.75, 3.05) is 0 Å². The fourth-order valence-corrected chi connectivity index (χ4v) is 7.61. The van der Waals surface area contributed by atoms with Crippen LogP contribution >= 0.6 is 0 Å². The van der Waals surface area contributed by atoms with Gasteiger partial charge in [-0.2, -0.15) is 18.6 Å². The van der Waals surface area contributed by atoms with E-state index in [0.717, 1.165) is 80.9 Å². The Labute approximate surface area is 306 Å². The van der Waals surface area contributed by atoms with Gasteiger partial charge in [0.15, 0.2) is 5.78 Å². The van der Waals surface area contributed by atoms with E-state index < -0.39 is 0 Å². The fraction of sp³-hybridized carbons (Fsp3) is 0.227. The normalized spacial score (nSPS) is 12.2. The Morgan fingerprint density at radius 3 is 2.18 bits per heavy atom. The van der Waals surface area contributed by atoms with Gasteiger partial charge in [0.25, 0.3) is 0 Å². The summed E-state index contributed by atoms with van der Waals surface area (Å²) in [6.45, 7) is 12.6. The van der Waals surface area contributed by atoms with Gasteiger partial charge < -0.3 is 18.5 Å². The molecular weight excluding hydrogens is 797 g/mol. The van der Waals surface area contributed by atoms with Crippen LogP contribution in [0.25, 0.3) is 71.4 Å². The number of hydrogen-bond acceptors (Lipinski definition) is 3. The number of ketones is 1. The van der Waals surface area contributed by atoms with Gasteiger partial charge in [-0.25, -0.2) is 0 Å². The van der Waals surface area contributed by atoms with Crippen molar-refractivity contribution in [1.82, 2.24) is 4.40 Å². The molecule has 8 rings (SSSR count). The molecular formula is C44H43IrN2O3-. The summed E-state index contributed by atoms with van der Waals surface area (Å²) in [7, 11) is 4.43. The first-order chi connectivity index (χ1) is 23.8. The van der Waals surface area contributed by atoms with Gasteiger partial charge in [0, 0.05) is 56.0 Å². The quantitative estimate of drug-likeness (QED) is 0.0718. The molecule has 0 spiro atoms. The van der Waals surface area contributed by atoms with Crippen molar-refractivity contribution in [2.24, 2.45) is 11.8 Å². The molecule has 0 amide bonds. The maximum absolute atomic E-state index is 11.7. The molecule has 0 atom stereocenters. The van der Waals surface area contributed by atoms with E-state index in [-0.39, 0.29) is 43.5 Å². The molecule has 0 aliphatic rings. The summed E-state index contributed by atoms with van der Waals surface area (Å²) >= 11 is 0. The average Bonchev–Trinajstić information content (AvgIpc) is 3.75. The minimum Gasteiger partial charge on any atom is -0.512 e. The van der Waals surface area contributed by atoms with E-state index in [1.165, 1.54) is 27.9 Å².